The molecule has 0 aromatic rings. The van der Waals surface area contributed by atoms with Crippen molar-refractivity contribution in [3.05, 3.63) is 0 Å². The molecule has 1 aliphatic rings. The molecule has 1 fully saturated rings. The number of nitriles is 1. The molecule has 0 bridgehead atoms. The van der Waals surface area contributed by atoms with E-state index in [4.69, 9.17) is 10.3 Å². The van der Waals surface area contributed by atoms with Crippen molar-refractivity contribution in [2.75, 3.05) is 13.1 Å². The number of nitrogens with zero attached hydrogens (tertiary/aromatic N) is 2. The van der Waals surface area contributed by atoms with Crippen LogP contribution in [-0.2, 0) is 0 Å². The Morgan fingerprint density at radius 3 is 2.80 bits per heavy atom. The topological polar surface area (TPSA) is 47.3 Å². The van der Waals surface area contributed by atoms with Crippen molar-refractivity contribution in [2.45, 2.75) is 13.2 Å². The maximum Gasteiger partial charge on any atom is 0.376 e. The molecule has 10 heavy (non-hydrogen) atoms. The zero-order valence-corrected chi connectivity index (χ0v) is 6.12. The minimum atomic E-state index is -0.390. The lowest BCUT2D eigenvalue weighted by atomic mass is 9.86. The molecule has 1 N–H and O–H groups in total. The van der Waals surface area contributed by atoms with Crippen LogP contribution in [0.1, 0.15) is 6.42 Å². The molecule has 0 spiro atoms. The molecule has 0 aromatic heterocycles. The van der Waals surface area contributed by atoms with Gasteiger partial charge in [-0.25, -0.2) is 0 Å². The van der Waals surface area contributed by atoms with Gasteiger partial charge in [-0.1, -0.05) is 0 Å². The van der Waals surface area contributed by atoms with Gasteiger partial charge >= 0.3 is 7.05 Å². The molecule has 54 valence electrons. The first-order chi connectivity index (χ1) is 4.74. The van der Waals surface area contributed by atoms with E-state index < -0.39 is 7.05 Å². The number of hydrogen-bond acceptors (Lipinski definition) is 3. The third-order valence-corrected chi connectivity index (χ3v) is 1.93. The maximum absolute atomic E-state index is 9.08. The van der Waals surface area contributed by atoms with Crippen LogP contribution in [0.3, 0.4) is 0 Å². The first kappa shape index (κ1) is 7.58. The van der Waals surface area contributed by atoms with E-state index in [1.165, 1.54) is 0 Å². The van der Waals surface area contributed by atoms with Crippen molar-refractivity contribution >= 4 is 7.05 Å². The lowest BCUT2D eigenvalue weighted by Gasteiger charge is -2.13. The van der Waals surface area contributed by atoms with Gasteiger partial charge in [-0.2, -0.15) is 5.26 Å². The van der Waals surface area contributed by atoms with E-state index in [2.05, 4.69) is 6.07 Å². The van der Waals surface area contributed by atoms with Gasteiger partial charge < -0.3 is 9.83 Å². The zero-order valence-electron chi connectivity index (χ0n) is 6.12. The third-order valence-electron chi connectivity index (χ3n) is 1.93. The Morgan fingerprint density at radius 1 is 1.80 bits per heavy atom. The van der Waals surface area contributed by atoms with E-state index in [9.17, 15) is 0 Å². The van der Waals surface area contributed by atoms with Gasteiger partial charge in [0.25, 0.3) is 0 Å². The summed E-state index contributed by atoms with van der Waals surface area (Å²) in [4.78, 5) is 1.91. The predicted octanol–water partition coefficient (Wildman–Crippen LogP) is -0.0578. The molecule has 1 saturated heterocycles. The molecule has 0 saturated carbocycles. The van der Waals surface area contributed by atoms with Crippen LogP contribution in [0, 0.1) is 17.2 Å². The molecule has 0 aliphatic carbocycles. The summed E-state index contributed by atoms with van der Waals surface area (Å²) in [6, 6.07) is 2.20. The van der Waals surface area contributed by atoms with Gasteiger partial charge in [0.15, 0.2) is 0 Å². The SMILES string of the molecule is CB(O)N1CCC(C#N)C1. The highest BCUT2D eigenvalue weighted by Crippen LogP contribution is 2.14. The van der Waals surface area contributed by atoms with Gasteiger partial charge in [0.1, 0.15) is 0 Å². The Balaban J connectivity index is 2.37. The summed E-state index contributed by atoms with van der Waals surface area (Å²) in [6.07, 6.45) is 0.904. The van der Waals surface area contributed by atoms with Gasteiger partial charge in [-0.3, -0.25) is 0 Å². The van der Waals surface area contributed by atoms with Crippen LogP contribution in [0.25, 0.3) is 0 Å². The van der Waals surface area contributed by atoms with Gasteiger partial charge in [0.05, 0.1) is 12.0 Å². The summed E-state index contributed by atoms with van der Waals surface area (Å²) in [5, 5.41) is 17.6. The molecule has 1 aliphatic heterocycles. The molecular weight excluding hydrogens is 127 g/mol. The van der Waals surface area contributed by atoms with Crippen LogP contribution in [0.15, 0.2) is 0 Å². The normalized spacial score (nSPS) is 26.3. The van der Waals surface area contributed by atoms with Crippen molar-refractivity contribution in [1.82, 2.24) is 4.81 Å². The second-order valence-electron chi connectivity index (χ2n) is 2.74. The fourth-order valence-electron chi connectivity index (χ4n) is 1.23. The van der Waals surface area contributed by atoms with Crippen LogP contribution in [0.4, 0.5) is 0 Å². The van der Waals surface area contributed by atoms with E-state index >= 15 is 0 Å². The average Bonchev–Trinajstić information content (AvgIpc) is 2.34. The molecule has 1 unspecified atom stereocenters. The van der Waals surface area contributed by atoms with Crippen molar-refractivity contribution < 1.29 is 5.02 Å². The Kier molecular flexibility index (Phi) is 2.31. The molecule has 0 aromatic carbocycles. The standard InChI is InChI=1S/C6H11BN2O/c1-7(10)9-3-2-6(4-8)5-9/h6,10H,2-3,5H2,1H3. The summed E-state index contributed by atoms with van der Waals surface area (Å²) >= 11 is 0. The molecule has 0 amide bonds. The smallest absolute Gasteiger partial charge is 0.376 e. The number of rotatable bonds is 1. The Hall–Kier alpha value is -0.525. The maximum atomic E-state index is 9.08. The van der Waals surface area contributed by atoms with Gasteiger partial charge in [0.2, 0.25) is 0 Å². The highest BCUT2D eigenvalue weighted by molar-refractivity contribution is 6.45. The van der Waals surface area contributed by atoms with Crippen LogP contribution in [-0.4, -0.2) is 30.0 Å². The molecule has 3 nitrogen and oxygen atoms in total. The molecule has 1 atom stereocenters. The molecule has 0 radical (unpaired) electrons. The van der Waals surface area contributed by atoms with Gasteiger partial charge in [-0.15, -0.1) is 0 Å². The zero-order chi connectivity index (χ0) is 7.56. The van der Waals surface area contributed by atoms with E-state index in [1.54, 1.807) is 6.82 Å². The Morgan fingerprint density at radius 2 is 2.50 bits per heavy atom. The van der Waals surface area contributed by atoms with Crippen molar-refractivity contribution in [2.24, 2.45) is 5.92 Å². The van der Waals surface area contributed by atoms with E-state index in [-0.39, 0.29) is 5.92 Å². The first-order valence-corrected chi connectivity index (χ1v) is 3.55. The van der Waals surface area contributed by atoms with Gasteiger partial charge in [-0.05, 0) is 19.8 Å². The lowest BCUT2D eigenvalue weighted by molar-refractivity contribution is 0.419. The first-order valence-electron chi connectivity index (χ1n) is 3.55. The summed E-state index contributed by atoms with van der Waals surface area (Å²) in [5.74, 6) is 0.134. The van der Waals surface area contributed by atoms with E-state index in [1.807, 2.05) is 4.81 Å². The second-order valence-corrected chi connectivity index (χ2v) is 2.74. The Labute approximate surface area is 61.4 Å². The predicted molar refractivity (Wildman–Crippen MR) is 39.1 cm³/mol. The van der Waals surface area contributed by atoms with Crippen LogP contribution in [0.5, 0.6) is 0 Å². The van der Waals surface area contributed by atoms with E-state index in [0.717, 1.165) is 19.5 Å². The summed E-state index contributed by atoms with van der Waals surface area (Å²) in [6.45, 7) is 3.32. The average molecular weight is 138 g/mol. The highest BCUT2D eigenvalue weighted by Gasteiger charge is 2.26. The fourth-order valence-corrected chi connectivity index (χ4v) is 1.23. The molecular formula is C6H11BN2O. The third kappa shape index (κ3) is 1.50. The summed E-state index contributed by atoms with van der Waals surface area (Å²) < 4.78 is 0. The van der Waals surface area contributed by atoms with Crippen LogP contribution < -0.4 is 0 Å². The van der Waals surface area contributed by atoms with Crippen molar-refractivity contribution in [3.8, 4) is 6.07 Å². The Bertz CT molecular complexity index is 154. The highest BCUT2D eigenvalue weighted by atomic mass is 16.2. The fraction of sp³-hybridized carbons (Fsp3) is 0.833. The van der Waals surface area contributed by atoms with Crippen molar-refractivity contribution in [3.63, 3.8) is 0 Å². The molecule has 1 heterocycles. The number of hydrogen-bond donors (Lipinski definition) is 1. The van der Waals surface area contributed by atoms with Crippen LogP contribution in [0.2, 0.25) is 6.82 Å². The minimum absolute atomic E-state index is 0.134. The minimum Gasteiger partial charge on any atom is -0.437 e. The van der Waals surface area contributed by atoms with Gasteiger partial charge in [0, 0.05) is 6.54 Å². The monoisotopic (exact) mass is 138 g/mol. The molecule has 1 rings (SSSR count). The lowest BCUT2D eigenvalue weighted by Crippen LogP contribution is -2.34. The van der Waals surface area contributed by atoms with Crippen molar-refractivity contribution in [1.29, 1.82) is 5.26 Å². The van der Waals surface area contributed by atoms with Crippen LogP contribution >= 0.6 is 0 Å². The summed E-state index contributed by atoms with van der Waals surface area (Å²) in [5.41, 5.74) is 0. The molecule has 4 heteroatoms. The van der Waals surface area contributed by atoms with E-state index in [0.29, 0.717) is 0 Å². The summed E-state index contributed by atoms with van der Waals surface area (Å²) in [7, 11) is -0.390. The quantitative estimate of drug-likeness (QED) is 0.516. The largest absolute Gasteiger partial charge is 0.437 e. The second kappa shape index (κ2) is 3.04.